The monoisotopic (exact) mass is 555 g/mol. The minimum absolute atomic E-state index is 0.0691. The van der Waals surface area contributed by atoms with Crippen molar-refractivity contribution in [1.82, 2.24) is 20.0 Å². The molecule has 6 rings (SSSR count). The van der Waals surface area contributed by atoms with Crippen LogP contribution in [0, 0.1) is 22.6 Å². The second-order valence-corrected chi connectivity index (χ2v) is 11.7. The second kappa shape index (κ2) is 10.1. The second-order valence-electron chi connectivity index (χ2n) is 11.3. The van der Waals surface area contributed by atoms with Crippen molar-refractivity contribution >= 4 is 41.7 Å². The van der Waals surface area contributed by atoms with Crippen LogP contribution in [-0.4, -0.2) is 47.1 Å². The summed E-state index contributed by atoms with van der Waals surface area (Å²) in [5.41, 5.74) is 1.78. The Bertz CT molecular complexity index is 1620. The first-order valence-electron chi connectivity index (χ1n) is 13.3. The van der Waals surface area contributed by atoms with Crippen molar-refractivity contribution in [1.29, 1.82) is 5.26 Å². The van der Waals surface area contributed by atoms with Crippen LogP contribution >= 0.6 is 11.6 Å². The topological polar surface area (TPSA) is 101 Å². The Balaban J connectivity index is 1.45. The van der Waals surface area contributed by atoms with Crippen LogP contribution in [0.4, 0.5) is 15.8 Å². The van der Waals surface area contributed by atoms with Crippen molar-refractivity contribution in [3.63, 3.8) is 0 Å². The van der Waals surface area contributed by atoms with Gasteiger partial charge >= 0.3 is 0 Å². The maximum Gasteiger partial charge on any atom is 0.123 e. The summed E-state index contributed by atoms with van der Waals surface area (Å²) < 4.78 is 21.4. The third-order valence-electron chi connectivity index (χ3n) is 7.81. The van der Waals surface area contributed by atoms with Gasteiger partial charge in [-0.05, 0) is 49.1 Å². The third-order valence-corrected chi connectivity index (χ3v) is 8.10. The number of aromatic nitrogens is 4. The lowest BCUT2D eigenvalue weighted by atomic mass is 9.69. The quantitative estimate of drug-likeness (QED) is 0.289. The molecule has 202 valence electrons. The van der Waals surface area contributed by atoms with E-state index in [-0.39, 0.29) is 17.3 Å². The Kier molecular flexibility index (Phi) is 6.67. The summed E-state index contributed by atoms with van der Waals surface area (Å²) in [4.78, 5) is 4.49. The molecule has 2 N–H and O–H groups in total. The van der Waals surface area contributed by atoms with Gasteiger partial charge in [-0.25, -0.2) is 9.07 Å². The van der Waals surface area contributed by atoms with E-state index in [9.17, 15) is 9.65 Å². The van der Waals surface area contributed by atoms with Gasteiger partial charge in [0.1, 0.15) is 25.4 Å². The van der Waals surface area contributed by atoms with E-state index in [1.165, 1.54) is 18.3 Å². The Morgan fingerprint density at radius 2 is 2.00 bits per heavy atom. The highest BCUT2D eigenvalue weighted by Gasteiger charge is 2.36. The van der Waals surface area contributed by atoms with Crippen molar-refractivity contribution in [2.75, 3.05) is 23.8 Å². The van der Waals surface area contributed by atoms with E-state index in [1.807, 2.05) is 16.9 Å². The maximum atomic E-state index is 13.9. The van der Waals surface area contributed by atoms with E-state index in [4.69, 9.17) is 24.2 Å². The molecule has 1 saturated heterocycles. The van der Waals surface area contributed by atoms with Gasteiger partial charge in [0.2, 0.25) is 0 Å². The molecule has 2 aromatic carbocycles. The Morgan fingerprint density at radius 3 is 2.70 bits per heavy atom. The molecule has 11 heteroatoms. The molecule has 2 fully saturated rings. The molecule has 3 heterocycles. The van der Waals surface area contributed by atoms with Gasteiger partial charge in [-0.1, -0.05) is 42.8 Å². The molecule has 0 amide bonds. The minimum atomic E-state index is -1.35. The lowest BCUT2D eigenvalue weighted by Gasteiger charge is -2.39. The standard InChI is InChI=1S/C29H28BClFN7O/c1-28(2)16-40-10-9-24(28)35-26-17(13-33)14-34-27-22(26)11-20(12-23(27)31)36-29(30,18-3-5-19(32)6-4-18)25-15-39(38-37-25)21-7-8-21/h3-6,11-12,14-15,21,24,36H,7-10,16H2,1-2H3,(H,34,35). The number of pyridine rings is 1. The van der Waals surface area contributed by atoms with E-state index in [1.54, 1.807) is 18.2 Å². The lowest BCUT2D eigenvalue weighted by Crippen LogP contribution is -2.44. The first-order valence-corrected chi connectivity index (χ1v) is 13.7. The number of hydrogen-bond donors (Lipinski definition) is 2. The molecule has 0 bridgehead atoms. The zero-order valence-corrected chi connectivity index (χ0v) is 23.0. The predicted molar refractivity (Wildman–Crippen MR) is 153 cm³/mol. The molecule has 2 aromatic heterocycles. The Hall–Kier alpha value is -3.68. The first-order chi connectivity index (χ1) is 19.2. The normalized spacial score (nSPS) is 20.0. The summed E-state index contributed by atoms with van der Waals surface area (Å²) in [6.07, 6.45) is 6.24. The van der Waals surface area contributed by atoms with E-state index in [0.717, 1.165) is 19.3 Å². The fraction of sp³-hybridized carbons (Fsp3) is 0.379. The Labute approximate surface area is 238 Å². The van der Waals surface area contributed by atoms with Gasteiger partial charge in [-0.2, -0.15) is 5.26 Å². The van der Waals surface area contributed by atoms with Crippen LogP contribution in [0.2, 0.25) is 5.02 Å². The highest BCUT2D eigenvalue weighted by Crippen LogP contribution is 2.40. The predicted octanol–water partition coefficient (Wildman–Crippen LogP) is 5.53. The third kappa shape index (κ3) is 4.89. The molecule has 1 saturated carbocycles. The molecule has 2 radical (unpaired) electrons. The Morgan fingerprint density at radius 1 is 1.23 bits per heavy atom. The van der Waals surface area contributed by atoms with E-state index < -0.39 is 5.44 Å². The molecule has 8 nitrogen and oxygen atoms in total. The summed E-state index contributed by atoms with van der Waals surface area (Å²) in [5.74, 6) is -0.372. The number of halogens is 2. The van der Waals surface area contributed by atoms with E-state index in [0.29, 0.717) is 63.4 Å². The number of nitriles is 1. The van der Waals surface area contributed by atoms with Crippen molar-refractivity contribution in [2.24, 2.45) is 5.41 Å². The summed E-state index contributed by atoms with van der Waals surface area (Å²) in [7, 11) is 7.04. The highest BCUT2D eigenvalue weighted by molar-refractivity contribution is 6.36. The number of nitrogens with zero attached hydrogens (tertiary/aromatic N) is 5. The molecule has 0 spiro atoms. The zero-order chi connectivity index (χ0) is 28.1. The molecule has 1 aliphatic carbocycles. The number of benzene rings is 2. The SMILES string of the molecule is [B]C(Nc1cc(Cl)c2ncc(C#N)c(NC3CCOCC3(C)C)c2c1)(c1ccc(F)cc1)c1cn(C2CC2)nn1. The summed E-state index contributed by atoms with van der Waals surface area (Å²) >= 11 is 6.77. The molecule has 4 aromatic rings. The largest absolute Gasteiger partial charge is 0.381 e. The lowest BCUT2D eigenvalue weighted by molar-refractivity contribution is 0.00350. The molecule has 40 heavy (non-hydrogen) atoms. The van der Waals surface area contributed by atoms with Gasteiger partial charge in [0.05, 0.1) is 46.1 Å². The minimum Gasteiger partial charge on any atom is -0.381 e. The molecule has 1 aliphatic heterocycles. The number of hydrogen-bond acceptors (Lipinski definition) is 7. The number of fused-ring (bicyclic) bond motifs is 1. The molecular formula is C29H28BClFN7O. The fourth-order valence-electron chi connectivity index (χ4n) is 5.24. The smallest absolute Gasteiger partial charge is 0.123 e. The molecule has 2 unspecified atom stereocenters. The van der Waals surface area contributed by atoms with Gasteiger partial charge < -0.3 is 15.4 Å². The van der Waals surface area contributed by atoms with Crippen LogP contribution in [0.25, 0.3) is 10.9 Å². The number of anilines is 2. The van der Waals surface area contributed by atoms with Crippen LogP contribution in [-0.2, 0) is 10.2 Å². The van der Waals surface area contributed by atoms with Gasteiger partial charge in [0.25, 0.3) is 0 Å². The van der Waals surface area contributed by atoms with Crippen LogP contribution in [0.3, 0.4) is 0 Å². The number of nitrogens with one attached hydrogen (secondary N) is 2. The van der Waals surface area contributed by atoms with Crippen molar-refractivity contribution < 1.29 is 9.13 Å². The van der Waals surface area contributed by atoms with Crippen molar-refractivity contribution in [3.05, 3.63) is 76.5 Å². The van der Waals surface area contributed by atoms with E-state index >= 15 is 0 Å². The van der Waals surface area contributed by atoms with Crippen molar-refractivity contribution in [2.45, 2.75) is 50.6 Å². The fourth-order valence-corrected chi connectivity index (χ4v) is 5.51. The number of ether oxygens (including phenoxy) is 1. The maximum absolute atomic E-state index is 13.9. The highest BCUT2D eigenvalue weighted by atomic mass is 35.5. The molecule has 2 aliphatic rings. The van der Waals surface area contributed by atoms with E-state index in [2.05, 4.69) is 45.8 Å². The van der Waals surface area contributed by atoms with Crippen LogP contribution in [0.5, 0.6) is 0 Å². The van der Waals surface area contributed by atoms with Crippen LogP contribution in [0.1, 0.15) is 56.0 Å². The average molecular weight is 556 g/mol. The molecule has 2 atom stereocenters. The summed E-state index contributed by atoms with van der Waals surface area (Å²) in [6, 6.07) is 12.2. The van der Waals surface area contributed by atoms with Crippen molar-refractivity contribution in [3.8, 4) is 6.07 Å². The van der Waals surface area contributed by atoms with Crippen LogP contribution in [0.15, 0.2) is 48.8 Å². The number of rotatable bonds is 7. The first kappa shape index (κ1) is 26.5. The van der Waals surface area contributed by atoms with Gasteiger partial charge in [-0.3, -0.25) is 4.98 Å². The summed E-state index contributed by atoms with van der Waals surface area (Å²) in [5, 5.41) is 26.7. The van der Waals surface area contributed by atoms with Gasteiger partial charge in [0, 0.05) is 35.3 Å². The zero-order valence-electron chi connectivity index (χ0n) is 22.3. The van der Waals surface area contributed by atoms with Crippen LogP contribution < -0.4 is 10.6 Å². The average Bonchev–Trinajstić information content (AvgIpc) is 3.65. The van der Waals surface area contributed by atoms with Gasteiger partial charge in [-0.15, -0.1) is 5.10 Å². The summed E-state index contributed by atoms with van der Waals surface area (Å²) in [6.45, 7) is 5.52. The van der Waals surface area contributed by atoms with Gasteiger partial charge in [0.15, 0.2) is 0 Å². The molecular weight excluding hydrogens is 528 g/mol.